The number of amides is 1. The molecule has 0 aliphatic rings. The molecule has 3 aromatic rings. The molecule has 1 amide bonds. The number of nitrogens with one attached hydrogen (secondary N) is 2. The van der Waals surface area contributed by atoms with Crippen molar-refractivity contribution in [3.05, 3.63) is 88.7 Å². The maximum atomic E-state index is 12.9. The van der Waals surface area contributed by atoms with Crippen molar-refractivity contribution in [3.8, 4) is 0 Å². The molecule has 5 nitrogen and oxygen atoms in total. The van der Waals surface area contributed by atoms with Crippen molar-refractivity contribution in [1.82, 2.24) is 0 Å². The fourth-order valence-electron chi connectivity index (χ4n) is 2.33. The summed E-state index contributed by atoms with van der Waals surface area (Å²) in [7, 11) is 0. The minimum Gasteiger partial charge on any atom is -0.478 e. The van der Waals surface area contributed by atoms with Crippen LogP contribution in [0, 0.1) is 5.82 Å². The number of halogens is 2. The molecule has 0 aliphatic carbocycles. The van der Waals surface area contributed by atoms with Crippen LogP contribution in [0.1, 0.15) is 20.7 Å². The molecule has 3 N–H and O–H groups in total. The first kappa shape index (κ1) is 19.7. The number of anilines is 2. The maximum Gasteiger partial charge on any atom is 0.337 e. The summed E-state index contributed by atoms with van der Waals surface area (Å²) in [5, 5.41) is 12.1. The summed E-state index contributed by atoms with van der Waals surface area (Å²) in [5.41, 5.74) is 1.14. The summed E-state index contributed by atoms with van der Waals surface area (Å²) < 4.78 is 16.0. The maximum absolute atomic E-state index is 12.9. The first-order chi connectivity index (χ1) is 13.4. The minimum absolute atomic E-state index is 0.0932. The average molecular weight is 417 g/mol. The van der Waals surface area contributed by atoms with Crippen molar-refractivity contribution in [2.24, 2.45) is 0 Å². The number of carbonyl (C=O) groups is 2. The van der Waals surface area contributed by atoms with Crippen molar-refractivity contribution in [3.63, 3.8) is 0 Å². The number of hydrogen-bond donors (Lipinski definition) is 3. The van der Waals surface area contributed by atoms with Gasteiger partial charge in [-0.15, -0.1) is 0 Å². The number of aromatic carboxylic acids is 1. The van der Waals surface area contributed by atoms with E-state index in [1.165, 1.54) is 42.3 Å². The van der Waals surface area contributed by atoms with Crippen LogP contribution in [0.4, 0.5) is 15.8 Å². The molecule has 0 bridgehead atoms. The molecule has 8 heteroatoms. The van der Waals surface area contributed by atoms with Gasteiger partial charge in [0.1, 0.15) is 5.82 Å². The Labute approximate surface area is 169 Å². The highest BCUT2D eigenvalue weighted by Gasteiger charge is 2.14. The lowest BCUT2D eigenvalue weighted by Gasteiger charge is -2.10. The second-order valence-electron chi connectivity index (χ2n) is 5.69. The Morgan fingerprint density at radius 1 is 1.00 bits per heavy atom. The molecule has 142 valence electrons. The highest BCUT2D eigenvalue weighted by atomic mass is 35.5. The largest absolute Gasteiger partial charge is 0.478 e. The van der Waals surface area contributed by atoms with Crippen LogP contribution in [0.2, 0.25) is 5.02 Å². The van der Waals surface area contributed by atoms with Crippen LogP contribution in [0.15, 0.2) is 71.6 Å². The molecule has 0 radical (unpaired) electrons. The van der Waals surface area contributed by atoms with E-state index in [0.717, 1.165) is 4.90 Å². The van der Waals surface area contributed by atoms with Crippen molar-refractivity contribution in [2.45, 2.75) is 4.90 Å². The van der Waals surface area contributed by atoms with Gasteiger partial charge in [-0.2, -0.15) is 0 Å². The molecule has 0 spiro atoms. The second-order valence-corrected chi connectivity index (χ2v) is 7.00. The Balaban J connectivity index is 1.72. The molecule has 0 atom stereocenters. The molecule has 0 saturated carbocycles. The lowest BCUT2D eigenvalue weighted by Crippen LogP contribution is -2.14. The average Bonchev–Trinajstić information content (AvgIpc) is 2.69. The Kier molecular flexibility index (Phi) is 6.18. The Morgan fingerprint density at radius 3 is 2.46 bits per heavy atom. The van der Waals surface area contributed by atoms with Gasteiger partial charge >= 0.3 is 5.97 Å². The van der Waals surface area contributed by atoms with Gasteiger partial charge in [0.25, 0.3) is 5.91 Å². The van der Waals surface area contributed by atoms with Crippen LogP contribution in [0.5, 0.6) is 0 Å². The SMILES string of the molecule is O=C(Nc1ccc(Cl)cc1C(=O)O)c1cccc(SNc2ccc(F)cc2)c1. The highest BCUT2D eigenvalue weighted by Crippen LogP contribution is 2.24. The molecule has 3 rings (SSSR count). The van der Waals surface area contributed by atoms with E-state index in [0.29, 0.717) is 11.3 Å². The van der Waals surface area contributed by atoms with E-state index >= 15 is 0 Å². The summed E-state index contributed by atoms with van der Waals surface area (Å²) in [4.78, 5) is 24.6. The van der Waals surface area contributed by atoms with Crippen molar-refractivity contribution >= 4 is 46.8 Å². The van der Waals surface area contributed by atoms with E-state index in [-0.39, 0.29) is 22.1 Å². The Bertz CT molecular complexity index is 1030. The van der Waals surface area contributed by atoms with Gasteiger partial charge in [-0.3, -0.25) is 4.79 Å². The molecule has 3 aromatic carbocycles. The lowest BCUT2D eigenvalue weighted by molar-refractivity contribution is 0.0698. The van der Waals surface area contributed by atoms with E-state index < -0.39 is 11.9 Å². The molecular formula is C20H14ClFN2O3S. The van der Waals surface area contributed by atoms with Crippen LogP contribution in [-0.4, -0.2) is 17.0 Å². The van der Waals surface area contributed by atoms with E-state index in [4.69, 9.17) is 11.6 Å². The van der Waals surface area contributed by atoms with Gasteiger partial charge in [-0.1, -0.05) is 17.7 Å². The molecule has 0 heterocycles. The highest BCUT2D eigenvalue weighted by molar-refractivity contribution is 8.00. The Hall–Kier alpha value is -3.03. The molecule has 0 saturated heterocycles. The molecular weight excluding hydrogens is 403 g/mol. The molecule has 0 unspecified atom stereocenters. The predicted molar refractivity (Wildman–Crippen MR) is 109 cm³/mol. The van der Waals surface area contributed by atoms with Gasteiger partial charge in [0.2, 0.25) is 0 Å². The molecule has 28 heavy (non-hydrogen) atoms. The summed E-state index contributed by atoms with van der Waals surface area (Å²) in [6.07, 6.45) is 0. The van der Waals surface area contributed by atoms with Crippen LogP contribution in [-0.2, 0) is 0 Å². The van der Waals surface area contributed by atoms with Gasteiger partial charge < -0.3 is 15.1 Å². The zero-order chi connectivity index (χ0) is 20.1. The van der Waals surface area contributed by atoms with Crippen LogP contribution >= 0.6 is 23.5 Å². The number of benzene rings is 3. The minimum atomic E-state index is -1.19. The smallest absolute Gasteiger partial charge is 0.337 e. The number of hydrogen-bond acceptors (Lipinski definition) is 4. The third-order valence-corrected chi connectivity index (χ3v) is 4.75. The first-order valence-corrected chi connectivity index (χ1v) is 9.24. The third kappa shape index (κ3) is 5.03. The topological polar surface area (TPSA) is 78.4 Å². The monoisotopic (exact) mass is 416 g/mol. The molecule has 0 aromatic heterocycles. The van der Waals surface area contributed by atoms with Gasteiger partial charge in [-0.25, -0.2) is 9.18 Å². The second kappa shape index (κ2) is 8.77. The zero-order valence-corrected chi connectivity index (χ0v) is 15.9. The van der Waals surface area contributed by atoms with E-state index in [1.54, 1.807) is 30.3 Å². The quantitative estimate of drug-likeness (QED) is 0.459. The molecule has 0 aliphatic heterocycles. The summed E-state index contributed by atoms with van der Waals surface area (Å²) >= 11 is 7.09. The zero-order valence-electron chi connectivity index (χ0n) is 14.3. The third-order valence-electron chi connectivity index (χ3n) is 3.69. The fourth-order valence-corrected chi connectivity index (χ4v) is 3.21. The summed E-state index contributed by atoms with van der Waals surface area (Å²) in [6, 6.07) is 16.9. The van der Waals surface area contributed by atoms with E-state index in [2.05, 4.69) is 10.0 Å². The predicted octanol–water partition coefficient (Wildman–Crippen LogP) is 5.55. The van der Waals surface area contributed by atoms with Gasteiger partial charge in [0.05, 0.1) is 11.3 Å². The number of carbonyl (C=O) groups excluding carboxylic acids is 1. The standard InChI is InChI=1S/C20H14ClFN2O3S/c21-13-4-9-18(17(11-13)20(26)27)23-19(25)12-2-1-3-16(10-12)28-24-15-7-5-14(22)6-8-15/h1-11,24H,(H,23,25)(H,26,27). The van der Waals surface area contributed by atoms with Crippen LogP contribution in [0.25, 0.3) is 0 Å². The van der Waals surface area contributed by atoms with E-state index in [1.807, 2.05) is 6.07 Å². The van der Waals surface area contributed by atoms with Crippen molar-refractivity contribution in [2.75, 3.05) is 10.0 Å². The van der Waals surface area contributed by atoms with Gasteiger partial charge in [0.15, 0.2) is 0 Å². The van der Waals surface area contributed by atoms with Crippen LogP contribution in [0.3, 0.4) is 0 Å². The van der Waals surface area contributed by atoms with Gasteiger partial charge in [0, 0.05) is 21.2 Å². The van der Waals surface area contributed by atoms with Crippen molar-refractivity contribution in [1.29, 1.82) is 0 Å². The fraction of sp³-hybridized carbons (Fsp3) is 0. The van der Waals surface area contributed by atoms with Crippen molar-refractivity contribution < 1.29 is 19.1 Å². The first-order valence-electron chi connectivity index (χ1n) is 8.05. The summed E-state index contributed by atoms with van der Waals surface area (Å²) in [6.45, 7) is 0. The number of carboxylic acid groups (broad SMARTS) is 1. The summed E-state index contributed by atoms with van der Waals surface area (Å²) in [5.74, 6) is -1.96. The number of rotatable bonds is 6. The number of carboxylic acids is 1. The van der Waals surface area contributed by atoms with E-state index in [9.17, 15) is 19.1 Å². The Morgan fingerprint density at radius 2 is 1.75 bits per heavy atom. The van der Waals surface area contributed by atoms with Crippen LogP contribution < -0.4 is 10.0 Å². The molecule has 0 fully saturated rings. The van der Waals surface area contributed by atoms with Gasteiger partial charge in [-0.05, 0) is 72.6 Å². The lowest BCUT2D eigenvalue weighted by atomic mass is 10.1. The normalized spacial score (nSPS) is 10.4.